The number of aromatic carboxylic acids is 1. The largest absolute Gasteiger partial charge is 0.478 e. The fourth-order valence-corrected chi connectivity index (χ4v) is 2.27. The van der Waals surface area contributed by atoms with Crippen LogP contribution >= 0.6 is 0 Å². The van der Waals surface area contributed by atoms with E-state index in [2.05, 4.69) is 9.97 Å². The smallest absolute Gasteiger partial charge is 0.336 e. The Labute approximate surface area is 115 Å². The number of hydrogen-bond donors (Lipinski definition) is 1. The second-order valence-corrected chi connectivity index (χ2v) is 4.42. The molecule has 1 N–H and O–H groups in total. The van der Waals surface area contributed by atoms with Gasteiger partial charge in [-0.3, -0.25) is 4.57 Å². The van der Waals surface area contributed by atoms with Crippen molar-refractivity contribution in [2.24, 2.45) is 0 Å². The zero-order valence-corrected chi connectivity index (χ0v) is 10.9. The van der Waals surface area contributed by atoms with Gasteiger partial charge in [-0.1, -0.05) is 25.1 Å². The van der Waals surface area contributed by atoms with Gasteiger partial charge in [0.25, 0.3) is 0 Å². The molecule has 1 aromatic carbocycles. The van der Waals surface area contributed by atoms with Gasteiger partial charge in [0.05, 0.1) is 11.1 Å². The summed E-state index contributed by atoms with van der Waals surface area (Å²) in [5, 5.41) is 10.0. The predicted molar refractivity (Wildman–Crippen MR) is 75.2 cm³/mol. The highest BCUT2D eigenvalue weighted by atomic mass is 16.4. The van der Waals surface area contributed by atoms with Crippen LogP contribution in [0.1, 0.15) is 23.1 Å². The van der Waals surface area contributed by atoms with Crippen molar-refractivity contribution in [2.75, 3.05) is 0 Å². The quantitative estimate of drug-likeness (QED) is 0.792. The summed E-state index contributed by atoms with van der Waals surface area (Å²) in [7, 11) is 0. The van der Waals surface area contributed by atoms with Crippen molar-refractivity contribution >= 4 is 16.9 Å². The van der Waals surface area contributed by atoms with Gasteiger partial charge in [0.2, 0.25) is 0 Å². The van der Waals surface area contributed by atoms with Gasteiger partial charge >= 0.3 is 5.97 Å². The van der Waals surface area contributed by atoms with Crippen LogP contribution in [0.4, 0.5) is 0 Å². The van der Waals surface area contributed by atoms with Crippen LogP contribution in [0.3, 0.4) is 0 Å². The molecule has 0 fully saturated rings. The van der Waals surface area contributed by atoms with E-state index in [1.54, 1.807) is 24.5 Å². The number of imidazole rings is 1. The van der Waals surface area contributed by atoms with E-state index in [-0.39, 0.29) is 5.56 Å². The third kappa shape index (κ3) is 1.93. The van der Waals surface area contributed by atoms with E-state index in [1.165, 1.54) is 0 Å². The standard InChI is InChI=1S/C15H13N3O2/c1-2-13-16-7-8-18(13)14-9-11(15(19)20)10-5-3-4-6-12(10)17-14/h3-9H,2H2,1H3,(H,19,20). The number of rotatable bonds is 3. The van der Waals surface area contributed by atoms with E-state index in [1.807, 2.05) is 29.7 Å². The molecule has 0 saturated carbocycles. The first-order chi connectivity index (χ1) is 9.70. The van der Waals surface area contributed by atoms with E-state index in [0.717, 1.165) is 12.2 Å². The van der Waals surface area contributed by atoms with Crippen molar-refractivity contribution in [3.05, 3.63) is 54.1 Å². The number of carboxylic acids is 1. The fraction of sp³-hybridized carbons (Fsp3) is 0.133. The number of nitrogens with zero attached hydrogens (tertiary/aromatic N) is 3. The zero-order valence-electron chi connectivity index (χ0n) is 10.9. The molecule has 2 heterocycles. The Bertz CT molecular complexity index is 793. The molecule has 0 radical (unpaired) electrons. The van der Waals surface area contributed by atoms with Gasteiger partial charge in [-0.15, -0.1) is 0 Å². The summed E-state index contributed by atoms with van der Waals surface area (Å²) in [5.74, 6) is 0.475. The van der Waals surface area contributed by atoms with Crippen LogP contribution in [0.2, 0.25) is 0 Å². The topological polar surface area (TPSA) is 68.0 Å². The highest BCUT2D eigenvalue weighted by molar-refractivity contribution is 6.02. The zero-order chi connectivity index (χ0) is 14.1. The molecule has 0 saturated heterocycles. The van der Waals surface area contributed by atoms with E-state index >= 15 is 0 Å². The number of pyridine rings is 1. The molecule has 0 spiro atoms. The molecule has 100 valence electrons. The highest BCUT2D eigenvalue weighted by Crippen LogP contribution is 2.21. The van der Waals surface area contributed by atoms with E-state index < -0.39 is 5.97 Å². The Balaban J connectivity index is 2.30. The number of benzene rings is 1. The molecule has 3 rings (SSSR count). The third-order valence-electron chi connectivity index (χ3n) is 3.21. The second-order valence-electron chi connectivity index (χ2n) is 4.42. The third-order valence-corrected chi connectivity index (χ3v) is 3.21. The molecule has 0 aliphatic rings. The van der Waals surface area contributed by atoms with Crippen LogP contribution < -0.4 is 0 Å². The van der Waals surface area contributed by atoms with Crippen molar-refractivity contribution in [2.45, 2.75) is 13.3 Å². The molecule has 3 aromatic rings. The van der Waals surface area contributed by atoms with Crippen LogP contribution in [0.25, 0.3) is 16.7 Å². The molecule has 0 aliphatic carbocycles. The minimum Gasteiger partial charge on any atom is -0.478 e. The summed E-state index contributed by atoms with van der Waals surface area (Å²) in [6.07, 6.45) is 4.24. The van der Waals surface area contributed by atoms with Crippen molar-refractivity contribution in [1.29, 1.82) is 0 Å². The summed E-state index contributed by atoms with van der Waals surface area (Å²) in [6.45, 7) is 2.00. The lowest BCUT2D eigenvalue weighted by Crippen LogP contribution is -2.06. The number of para-hydroxylation sites is 1. The lowest BCUT2D eigenvalue weighted by molar-refractivity contribution is 0.0699. The maximum atomic E-state index is 11.4. The predicted octanol–water partition coefficient (Wildman–Crippen LogP) is 2.68. The van der Waals surface area contributed by atoms with Crippen molar-refractivity contribution in [3.8, 4) is 5.82 Å². The van der Waals surface area contributed by atoms with Crippen LogP contribution in [-0.4, -0.2) is 25.6 Å². The monoisotopic (exact) mass is 267 g/mol. The lowest BCUT2D eigenvalue weighted by Gasteiger charge is -2.09. The number of carboxylic acid groups (broad SMARTS) is 1. The van der Waals surface area contributed by atoms with Crippen LogP contribution in [0, 0.1) is 0 Å². The minimum atomic E-state index is -0.956. The summed E-state index contributed by atoms with van der Waals surface area (Å²) < 4.78 is 1.82. The molecule has 5 heteroatoms. The van der Waals surface area contributed by atoms with Crippen molar-refractivity contribution < 1.29 is 9.90 Å². The van der Waals surface area contributed by atoms with E-state index in [0.29, 0.717) is 16.7 Å². The average Bonchev–Trinajstić information content (AvgIpc) is 2.94. The summed E-state index contributed by atoms with van der Waals surface area (Å²) in [5.41, 5.74) is 0.916. The van der Waals surface area contributed by atoms with Gasteiger partial charge in [0.15, 0.2) is 0 Å². The van der Waals surface area contributed by atoms with Crippen molar-refractivity contribution in [1.82, 2.24) is 14.5 Å². The first kappa shape index (κ1) is 12.3. The first-order valence-corrected chi connectivity index (χ1v) is 6.36. The molecule has 20 heavy (non-hydrogen) atoms. The van der Waals surface area contributed by atoms with Crippen LogP contribution in [0.5, 0.6) is 0 Å². The molecule has 0 unspecified atom stereocenters. The Morgan fingerprint density at radius 1 is 1.35 bits per heavy atom. The molecule has 2 aromatic heterocycles. The second kappa shape index (κ2) is 4.77. The maximum Gasteiger partial charge on any atom is 0.336 e. The van der Waals surface area contributed by atoms with Crippen molar-refractivity contribution in [3.63, 3.8) is 0 Å². The van der Waals surface area contributed by atoms with Crippen LogP contribution in [-0.2, 0) is 6.42 Å². The van der Waals surface area contributed by atoms with E-state index in [9.17, 15) is 9.90 Å². The molecule has 0 bridgehead atoms. The average molecular weight is 267 g/mol. The maximum absolute atomic E-state index is 11.4. The van der Waals surface area contributed by atoms with Gasteiger partial charge in [-0.05, 0) is 12.1 Å². The molecule has 0 aliphatic heterocycles. The van der Waals surface area contributed by atoms with Crippen LogP contribution in [0.15, 0.2) is 42.7 Å². The number of hydrogen-bond acceptors (Lipinski definition) is 3. The molecular weight excluding hydrogens is 254 g/mol. The van der Waals surface area contributed by atoms with Gasteiger partial charge in [0, 0.05) is 24.2 Å². The lowest BCUT2D eigenvalue weighted by atomic mass is 10.1. The van der Waals surface area contributed by atoms with Gasteiger partial charge in [0.1, 0.15) is 11.6 Å². The highest BCUT2D eigenvalue weighted by Gasteiger charge is 2.13. The molecule has 5 nitrogen and oxygen atoms in total. The Morgan fingerprint density at radius 2 is 2.15 bits per heavy atom. The fourth-order valence-electron chi connectivity index (χ4n) is 2.27. The van der Waals surface area contributed by atoms with Gasteiger partial charge in [-0.2, -0.15) is 0 Å². The summed E-state index contributed by atoms with van der Waals surface area (Å²) >= 11 is 0. The Hall–Kier alpha value is -2.69. The number of fused-ring (bicyclic) bond motifs is 1. The Kier molecular flexibility index (Phi) is 2.95. The number of aromatic nitrogens is 3. The van der Waals surface area contributed by atoms with Gasteiger partial charge < -0.3 is 5.11 Å². The first-order valence-electron chi connectivity index (χ1n) is 6.36. The minimum absolute atomic E-state index is 0.251. The van der Waals surface area contributed by atoms with Gasteiger partial charge in [-0.25, -0.2) is 14.8 Å². The Morgan fingerprint density at radius 3 is 2.90 bits per heavy atom. The molecular formula is C15H13N3O2. The normalized spacial score (nSPS) is 10.8. The number of carbonyl (C=O) groups is 1. The molecule has 0 atom stereocenters. The van der Waals surface area contributed by atoms with E-state index in [4.69, 9.17) is 0 Å². The summed E-state index contributed by atoms with van der Waals surface area (Å²) in [6, 6.07) is 8.83. The number of aryl methyl sites for hydroxylation is 1. The molecule has 0 amide bonds. The SMILES string of the molecule is CCc1nccn1-c1cc(C(=O)O)c2ccccc2n1. The summed E-state index contributed by atoms with van der Waals surface area (Å²) in [4.78, 5) is 20.2.